The molecule has 0 aliphatic heterocycles. The van der Waals surface area contributed by atoms with Gasteiger partial charge in [0, 0.05) is 18.6 Å². The molecule has 0 aromatic carbocycles. The van der Waals surface area contributed by atoms with E-state index in [0.29, 0.717) is 0 Å². The van der Waals surface area contributed by atoms with Gasteiger partial charge in [-0.3, -0.25) is 0 Å². The van der Waals surface area contributed by atoms with Crippen LogP contribution in [0.4, 0.5) is 13.2 Å². The van der Waals surface area contributed by atoms with Crippen LogP contribution in [0.2, 0.25) is 0 Å². The second-order valence-corrected chi connectivity index (χ2v) is 3.73. The lowest BCUT2D eigenvalue weighted by molar-refractivity contribution is -0.139. The van der Waals surface area contributed by atoms with Crippen molar-refractivity contribution in [2.45, 2.75) is 37.5 Å². The monoisotopic (exact) mass is 196 g/mol. The van der Waals surface area contributed by atoms with Gasteiger partial charge in [-0.1, -0.05) is 0 Å². The van der Waals surface area contributed by atoms with Crippen LogP contribution >= 0.6 is 0 Å². The first-order chi connectivity index (χ1) is 5.88. The summed E-state index contributed by atoms with van der Waals surface area (Å²) in [7, 11) is 1.72. The van der Waals surface area contributed by atoms with Crippen LogP contribution in [0.5, 0.6) is 0 Å². The van der Waals surface area contributed by atoms with Crippen LogP contribution < -0.4 is 5.73 Å². The van der Waals surface area contributed by atoms with Crippen LogP contribution in [0.25, 0.3) is 0 Å². The molecule has 2 nitrogen and oxygen atoms in total. The molecule has 0 amide bonds. The Bertz CT molecular complexity index is 163. The van der Waals surface area contributed by atoms with Gasteiger partial charge >= 0.3 is 6.18 Å². The van der Waals surface area contributed by atoms with Gasteiger partial charge in [0.2, 0.25) is 0 Å². The average Bonchev–Trinajstić information content (AvgIpc) is 1.93. The van der Waals surface area contributed by atoms with E-state index in [4.69, 9.17) is 5.73 Å². The molecular weight excluding hydrogens is 181 g/mol. The van der Waals surface area contributed by atoms with Crippen molar-refractivity contribution >= 4 is 0 Å². The van der Waals surface area contributed by atoms with E-state index in [0.717, 1.165) is 12.8 Å². The van der Waals surface area contributed by atoms with Gasteiger partial charge in [-0.15, -0.1) is 0 Å². The lowest BCUT2D eigenvalue weighted by Crippen LogP contribution is -2.49. The summed E-state index contributed by atoms with van der Waals surface area (Å²) in [6.45, 7) is 0.0842. The first-order valence-corrected chi connectivity index (χ1v) is 4.41. The summed E-state index contributed by atoms with van der Waals surface area (Å²) < 4.78 is 35.5. The van der Waals surface area contributed by atoms with Crippen molar-refractivity contribution < 1.29 is 13.2 Å². The smallest absolute Gasteiger partial charge is 0.328 e. The number of hydrogen-bond acceptors (Lipinski definition) is 2. The molecule has 2 N–H and O–H groups in total. The molecule has 0 saturated heterocycles. The highest BCUT2D eigenvalue weighted by Crippen LogP contribution is 2.25. The molecule has 1 aliphatic rings. The molecule has 1 fully saturated rings. The van der Waals surface area contributed by atoms with Gasteiger partial charge < -0.3 is 10.6 Å². The molecule has 78 valence electrons. The molecule has 0 spiro atoms. The number of rotatable bonds is 3. The summed E-state index contributed by atoms with van der Waals surface area (Å²) in [6.07, 6.45) is -3.11. The summed E-state index contributed by atoms with van der Waals surface area (Å²) in [5.74, 6) is 0. The summed E-state index contributed by atoms with van der Waals surface area (Å²) in [5.41, 5.74) is 5.54. The minimum absolute atomic E-state index is 0.0842. The number of nitrogens with two attached hydrogens (primary N) is 1. The molecule has 1 rings (SSSR count). The Morgan fingerprint density at radius 1 is 1.38 bits per heavy atom. The zero-order chi connectivity index (χ0) is 10.1. The zero-order valence-electron chi connectivity index (χ0n) is 7.64. The maximum absolute atomic E-state index is 11.8. The Labute approximate surface area is 75.9 Å². The SMILES string of the molecule is CN(CCC(F)(F)F)C1CC(N)C1. The number of halogens is 3. The van der Waals surface area contributed by atoms with Gasteiger partial charge in [0.1, 0.15) is 0 Å². The van der Waals surface area contributed by atoms with Crippen LogP contribution in [0.1, 0.15) is 19.3 Å². The number of alkyl halides is 3. The van der Waals surface area contributed by atoms with Crippen molar-refractivity contribution in [2.24, 2.45) is 5.73 Å². The van der Waals surface area contributed by atoms with Crippen molar-refractivity contribution in [1.29, 1.82) is 0 Å². The van der Waals surface area contributed by atoms with Crippen LogP contribution in [-0.2, 0) is 0 Å². The molecule has 0 atom stereocenters. The van der Waals surface area contributed by atoms with Crippen LogP contribution in [0, 0.1) is 0 Å². The second kappa shape index (κ2) is 3.84. The van der Waals surface area contributed by atoms with Crippen LogP contribution in [-0.4, -0.2) is 36.8 Å². The summed E-state index contributed by atoms with van der Waals surface area (Å²) in [4.78, 5) is 1.75. The van der Waals surface area contributed by atoms with Crippen LogP contribution in [0.3, 0.4) is 0 Å². The molecule has 1 saturated carbocycles. The van der Waals surface area contributed by atoms with E-state index in [2.05, 4.69) is 0 Å². The molecule has 0 bridgehead atoms. The quantitative estimate of drug-likeness (QED) is 0.738. The van der Waals surface area contributed by atoms with Crippen molar-refractivity contribution in [2.75, 3.05) is 13.6 Å². The van der Waals surface area contributed by atoms with Crippen molar-refractivity contribution in [3.63, 3.8) is 0 Å². The fraction of sp³-hybridized carbons (Fsp3) is 1.00. The van der Waals surface area contributed by atoms with Gasteiger partial charge in [-0.05, 0) is 19.9 Å². The molecule has 0 aromatic heterocycles. The van der Waals surface area contributed by atoms with Gasteiger partial charge in [-0.2, -0.15) is 13.2 Å². The summed E-state index contributed by atoms with van der Waals surface area (Å²) in [6, 6.07) is 0.454. The first kappa shape index (κ1) is 10.8. The van der Waals surface area contributed by atoms with E-state index in [1.54, 1.807) is 11.9 Å². The van der Waals surface area contributed by atoms with Gasteiger partial charge in [-0.25, -0.2) is 0 Å². The summed E-state index contributed by atoms with van der Waals surface area (Å²) >= 11 is 0. The molecule has 0 aromatic rings. The Morgan fingerprint density at radius 3 is 2.31 bits per heavy atom. The van der Waals surface area contributed by atoms with E-state index in [9.17, 15) is 13.2 Å². The maximum atomic E-state index is 11.8. The molecule has 0 unspecified atom stereocenters. The topological polar surface area (TPSA) is 29.3 Å². The Hall–Kier alpha value is -0.290. The van der Waals surface area contributed by atoms with E-state index < -0.39 is 12.6 Å². The van der Waals surface area contributed by atoms with E-state index in [1.165, 1.54) is 0 Å². The summed E-state index contributed by atoms with van der Waals surface area (Å²) in [5, 5.41) is 0. The third-order valence-electron chi connectivity index (χ3n) is 2.52. The third-order valence-corrected chi connectivity index (χ3v) is 2.52. The van der Waals surface area contributed by atoms with E-state index >= 15 is 0 Å². The molecule has 5 heteroatoms. The third kappa shape index (κ3) is 3.52. The fourth-order valence-electron chi connectivity index (χ4n) is 1.48. The Morgan fingerprint density at radius 2 is 1.92 bits per heavy atom. The molecular formula is C8H15F3N2. The molecule has 0 radical (unpaired) electrons. The Kier molecular flexibility index (Phi) is 3.18. The van der Waals surface area contributed by atoms with Gasteiger partial charge in [0.15, 0.2) is 0 Å². The van der Waals surface area contributed by atoms with E-state index in [1.807, 2.05) is 0 Å². The van der Waals surface area contributed by atoms with Crippen molar-refractivity contribution in [1.82, 2.24) is 4.90 Å². The fourth-order valence-corrected chi connectivity index (χ4v) is 1.48. The first-order valence-electron chi connectivity index (χ1n) is 4.41. The average molecular weight is 196 g/mol. The highest BCUT2D eigenvalue weighted by molar-refractivity contribution is 4.88. The minimum Gasteiger partial charge on any atom is -0.328 e. The molecule has 0 heterocycles. The lowest BCUT2D eigenvalue weighted by Gasteiger charge is -2.39. The maximum Gasteiger partial charge on any atom is 0.390 e. The largest absolute Gasteiger partial charge is 0.390 e. The van der Waals surface area contributed by atoms with Gasteiger partial charge in [0.05, 0.1) is 6.42 Å². The minimum atomic E-state index is -4.04. The van der Waals surface area contributed by atoms with E-state index in [-0.39, 0.29) is 18.6 Å². The van der Waals surface area contributed by atoms with Gasteiger partial charge in [0.25, 0.3) is 0 Å². The Balaban J connectivity index is 2.15. The van der Waals surface area contributed by atoms with Crippen molar-refractivity contribution in [3.8, 4) is 0 Å². The number of nitrogens with zero attached hydrogens (tertiary/aromatic N) is 1. The predicted molar refractivity (Wildman–Crippen MR) is 44.3 cm³/mol. The van der Waals surface area contributed by atoms with Crippen LogP contribution in [0.15, 0.2) is 0 Å². The zero-order valence-corrected chi connectivity index (χ0v) is 7.64. The predicted octanol–water partition coefficient (Wildman–Crippen LogP) is 1.36. The highest BCUT2D eigenvalue weighted by atomic mass is 19.4. The lowest BCUT2D eigenvalue weighted by atomic mass is 9.86. The standard InChI is InChI=1S/C8H15F3N2/c1-13(3-2-8(9,10)11)7-4-6(12)5-7/h6-7H,2-5,12H2,1H3. The van der Waals surface area contributed by atoms with Crippen molar-refractivity contribution in [3.05, 3.63) is 0 Å². The molecule has 1 aliphatic carbocycles. The molecule has 13 heavy (non-hydrogen) atoms. The normalized spacial score (nSPS) is 29.1. The second-order valence-electron chi connectivity index (χ2n) is 3.73. The number of hydrogen-bond donors (Lipinski definition) is 1. The highest BCUT2D eigenvalue weighted by Gasteiger charge is 2.32.